The van der Waals surface area contributed by atoms with E-state index in [0.717, 1.165) is 32.3 Å². The first-order valence-electron chi connectivity index (χ1n) is 11.8. The lowest BCUT2D eigenvalue weighted by Gasteiger charge is -2.18. The van der Waals surface area contributed by atoms with Gasteiger partial charge in [-0.25, -0.2) is 13.6 Å². The SMILES string of the molecule is CCCCCCCCCCCCC(Cl)CCCc1ccc(S(N)(=O)=O)c(C)c1C(F)(F)F. The minimum atomic E-state index is -4.64. The smallest absolute Gasteiger partial charge is 0.225 e. The zero-order chi connectivity index (χ0) is 24.2. The summed E-state index contributed by atoms with van der Waals surface area (Å²) in [4.78, 5) is -0.482. The lowest BCUT2D eigenvalue weighted by atomic mass is 9.96. The third-order valence-electron chi connectivity index (χ3n) is 5.93. The Labute approximate surface area is 197 Å². The van der Waals surface area contributed by atoms with E-state index in [9.17, 15) is 21.6 Å². The number of benzene rings is 1. The number of hydrogen-bond donors (Lipinski definition) is 1. The summed E-state index contributed by atoms with van der Waals surface area (Å²) in [6.45, 7) is 3.38. The van der Waals surface area contributed by atoms with Crippen LogP contribution in [-0.2, 0) is 22.6 Å². The molecule has 32 heavy (non-hydrogen) atoms. The predicted octanol–water partition coefficient (Wildman–Crippen LogP) is 7.90. The van der Waals surface area contributed by atoms with Crippen molar-refractivity contribution in [2.24, 2.45) is 5.14 Å². The fraction of sp³-hybridized carbons (Fsp3) is 0.750. The minimum Gasteiger partial charge on any atom is -0.225 e. The van der Waals surface area contributed by atoms with Gasteiger partial charge in [0.2, 0.25) is 10.0 Å². The molecule has 1 aromatic carbocycles. The van der Waals surface area contributed by atoms with Gasteiger partial charge in [0.25, 0.3) is 0 Å². The third kappa shape index (κ3) is 10.9. The number of aryl methyl sites for hydroxylation is 1. The van der Waals surface area contributed by atoms with Crippen LogP contribution in [0.4, 0.5) is 13.2 Å². The van der Waals surface area contributed by atoms with Crippen LogP contribution in [0.2, 0.25) is 0 Å². The molecule has 1 atom stereocenters. The molecule has 0 aromatic heterocycles. The quantitative estimate of drug-likeness (QED) is 0.186. The van der Waals surface area contributed by atoms with Gasteiger partial charge < -0.3 is 0 Å². The molecule has 0 aliphatic heterocycles. The van der Waals surface area contributed by atoms with Gasteiger partial charge in [-0.05, 0) is 49.8 Å². The van der Waals surface area contributed by atoms with E-state index in [1.807, 2.05) is 0 Å². The first-order chi connectivity index (χ1) is 15.0. The summed E-state index contributed by atoms with van der Waals surface area (Å²) in [5, 5.41) is 5.00. The van der Waals surface area contributed by atoms with E-state index >= 15 is 0 Å². The highest BCUT2D eigenvalue weighted by molar-refractivity contribution is 7.89. The molecule has 0 saturated heterocycles. The highest BCUT2D eigenvalue weighted by Crippen LogP contribution is 2.37. The Morgan fingerprint density at radius 2 is 1.41 bits per heavy atom. The van der Waals surface area contributed by atoms with Gasteiger partial charge in [0.15, 0.2) is 0 Å². The van der Waals surface area contributed by atoms with Crippen LogP contribution < -0.4 is 5.14 Å². The Morgan fingerprint density at radius 1 is 0.906 bits per heavy atom. The molecule has 0 saturated carbocycles. The van der Waals surface area contributed by atoms with Crippen molar-refractivity contribution in [2.75, 3.05) is 0 Å². The lowest BCUT2D eigenvalue weighted by Crippen LogP contribution is -2.19. The van der Waals surface area contributed by atoms with Gasteiger partial charge in [-0.15, -0.1) is 11.6 Å². The summed E-state index contributed by atoms with van der Waals surface area (Å²) >= 11 is 6.39. The molecular weight excluding hydrogens is 459 g/mol. The van der Waals surface area contributed by atoms with Crippen LogP contribution in [0, 0.1) is 6.92 Å². The van der Waals surface area contributed by atoms with Crippen molar-refractivity contribution in [1.82, 2.24) is 0 Å². The number of rotatable bonds is 16. The third-order valence-corrected chi connectivity index (χ3v) is 7.42. The van der Waals surface area contributed by atoms with E-state index in [0.29, 0.717) is 12.8 Å². The Bertz CT molecular complexity index is 782. The summed E-state index contributed by atoms with van der Waals surface area (Å²) in [6, 6.07) is 2.39. The topological polar surface area (TPSA) is 60.2 Å². The molecule has 8 heteroatoms. The zero-order valence-electron chi connectivity index (χ0n) is 19.4. The maximum absolute atomic E-state index is 13.6. The summed E-state index contributed by atoms with van der Waals surface area (Å²) in [5.74, 6) is 0. The maximum Gasteiger partial charge on any atom is 0.416 e. The second kappa shape index (κ2) is 14.5. The first-order valence-corrected chi connectivity index (χ1v) is 13.8. The predicted molar refractivity (Wildman–Crippen MR) is 127 cm³/mol. The minimum absolute atomic E-state index is 0.0526. The van der Waals surface area contributed by atoms with Crippen LogP contribution in [0.25, 0.3) is 0 Å². The van der Waals surface area contributed by atoms with Crippen LogP contribution in [0.15, 0.2) is 17.0 Å². The van der Waals surface area contributed by atoms with Crippen LogP contribution in [0.1, 0.15) is 107 Å². The average Bonchev–Trinajstić information content (AvgIpc) is 2.67. The van der Waals surface area contributed by atoms with E-state index in [2.05, 4.69) is 6.92 Å². The van der Waals surface area contributed by atoms with E-state index in [-0.39, 0.29) is 22.9 Å². The van der Waals surface area contributed by atoms with E-state index in [1.54, 1.807) is 0 Å². The molecule has 0 fully saturated rings. The molecule has 1 aromatic rings. The van der Waals surface area contributed by atoms with E-state index < -0.39 is 26.7 Å². The van der Waals surface area contributed by atoms with E-state index in [1.165, 1.54) is 57.4 Å². The van der Waals surface area contributed by atoms with E-state index in [4.69, 9.17) is 16.7 Å². The summed E-state index contributed by atoms with van der Waals surface area (Å²) in [6.07, 6.45) is 10.1. The number of halogens is 4. The van der Waals surface area contributed by atoms with Crippen LogP contribution in [-0.4, -0.2) is 13.8 Å². The Balaban J connectivity index is 2.40. The molecule has 1 rings (SSSR count). The number of sulfonamides is 1. The zero-order valence-corrected chi connectivity index (χ0v) is 21.0. The van der Waals surface area contributed by atoms with Gasteiger partial charge in [0, 0.05) is 5.38 Å². The number of hydrogen-bond acceptors (Lipinski definition) is 2. The number of primary sulfonamides is 1. The van der Waals surface area contributed by atoms with Crippen molar-refractivity contribution in [1.29, 1.82) is 0 Å². The van der Waals surface area contributed by atoms with Crippen molar-refractivity contribution in [2.45, 2.75) is 120 Å². The molecular formula is C24H39ClF3NO2S. The van der Waals surface area contributed by atoms with Gasteiger partial charge in [-0.1, -0.05) is 77.2 Å². The number of nitrogens with two attached hydrogens (primary N) is 1. The van der Waals surface area contributed by atoms with Gasteiger partial charge in [0.1, 0.15) is 0 Å². The molecule has 0 bridgehead atoms. The van der Waals surface area contributed by atoms with Crippen molar-refractivity contribution >= 4 is 21.6 Å². The molecule has 0 spiro atoms. The van der Waals surface area contributed by atoms with Crippen molar-refractivity contribution in [3.8, 4) is 0 Å². The molecule has 0 heterocycles. The fourth-order valence-electron chi connectivity index (χ4n) is 4.17. The van der Waals surface area contributed by atoms with Gasteiger partial charge in [-0.2, -0.15) is 13.2 Å². The summed E-state index contributed by atoms with van der Waals surface area (Å²) < 4.78 is 63.9. The van der Waals surface area contributed by atoms with Gasteiger partial charge >= 0.3 is 6.18 Å². The van der Waals surface area contributed by atoms with Crippen molar-refractivity contribution < 1.29 is 21.6 Å². The Morgan fingerprint density at radius 3 is 1.91 bits per heavy atom. The highest BCUT2D eigenvalue weighted by Gasteiger charge is 2.37. The summed E-state index contributed by atoms with van der Waals surface area (Å²) in [7, 11) is -4.21. The second-order valence-electron chi connectivity index (χ2n) is 8.73. The average molecular weight is 498 g/mol. The first kappa shape index (κ1) is 29.2. The standard InChI is InChI=1S/C24H39ClF3NO2S/c1-3-4-5-6-7-8-9-10-11-12-15-21(25)16-13-14-20-17-18-22(32(29,30)31)19(2)23(20)24(26,27)28/h17-18,21H,3-16H2,1-2H3,(H2,29,30,31). The van der Waals surface area contributed by atoms with Crippen LogP contribution in [0.3, 0.4) is 0 Å². The number of unbranched alkanes of at least 4 members (excludes halogenated alkanes) is 9. The van der Waals surface area contributed by atoms with Crippen molar-refractivity contribution in [3.63, 3.8) is 0 Å². The van der Waals surface area contributed by atoms with Gasteiger partial charge in [-0.3, -0.25) is 0 Å². The Hall–Kier alpha value is -0.790. The Kier molecular flexibility index (Phi) is 13.2. The van der Waals surface area contributed by atoms with Crippen LogP contribution >= 0.6 is 11.6 Å². The lowest BCUT2D eigenvalue weighted by molar-refractivity contribution is -0.138. The highest BCUT2D eigenvalue weighted by atomic mass is 35.5. The second-order valence-corrected chi connectivity index (χ2v) is 10.9. The maximum atomic E-state index is 13.6. The van der Waals surface area contributed by atoms with Crippen LogP contribution in [0.5, 0.6) is 0 Å². The molecule has 0 aliphatic rings. The monoisotopic (exact) mass is 497 g/mol. The molecule has 2 N–H and O–H groups in total. The largest absolute Gasteiger partial charge is 0.416 e. The number of alkyl halides is 4. The molecule has 0 radical (unpaired) electrons. The van der Waals surface area contributed by atoms with Crippen molar-refractivity contribution in [3.05, 3.63) is 28.8 Å². The molecule has 3 nitrogen and oxygen atoms in total. The molecule has 0 amide bonds. The molecule has 1 unspecified atom stereocenters. The fourth-order valence-corrected chi connectivity index (χ4v) is 5.27. The normalized spacial score (nSPS) is 13.5. The molecule has 186 valence electrons. The molecule has 0 aliphatic carbocycles. The van der Waals surface area contributed by atoms with Gasteiger partial charge in [0.05, 0.1) is 10.5 Å². The summed E-state index contributed by atoms with van der Waals surface area (Å²) in [5.41, 5.74) is -1.15.